The summed E-state index contributed by atoms with van der Waals surface area (Å²) < 4.78 is 5.43. The van der Waals surface area contributed by atoms with Crippen LogP contribution >= 0.6 is 0 Å². The SMILES string of the molecule is Cc1cccc(OCC(O)CNCC(O)CO)c1. The van der Waals surface area contributed by atoms with Gasteiger partial charge in [-0.3, -0.25) is 0 Å². The summed E-state index contributed by atoms with van der Waals surface area (Å²) in [6.45, 7) is 2.43. The van der Waals surface area contributed by atoms with Gasteiger partial charge in [-0.1, -0.05) is 12.1 Å². The topological polar surface area (TPSA) is 82.0 Å². The minimum Gasteiger partial charge on any atom is -0.491 e. The molecule has 1 rings (SSSR count). The summed E-state index contributed by atoms with van der Waals surface area (Å²) in [5.41, 5.74) is 1.10. The van der Waals surface area contributed by atoms with Gasteiger partial charge < -0.3 is 25.4 Å². The van der Waals surface area contributed by atoms with Crippen LogP contribution in [0.15, 0.2) is 24.3 Å². The van der Waals surface area contributed by atoms with Crippen LogP contribution in [0, 0.1) is 6.92 Å². The molecule has 0 spiro atoms. The fourth-order valence-electron chi connectivity index (χ4n) is 1.44. The first-order valence-corrected chi connectivity index (χ1v) is 5.99. The third-order valence-electron chi connectivity index (χ3n) is 2.40. The zero-order valence-corrected chi connectivity index (χ0v) is 10.5. The Hall–Kier alpha value is -1.14. The maximum Gasteiger partial charge on any atom is 0.119 e. The second-order valence-corrected chi connectivity index (χ2v) is 4.28. The van der Waals surface area contributed by atoms with E-state index < -0.39 is 12.2 Å². The zero-order valence-electron chi connectivity index (χ0n) is 10.5. The highest BCUT2D eigenvalue weighted by molar-refractivity contribution is 5.27. The molecule has 0 heterocycles. The van der Waals surface area contributed by atoms with Crippen LogP contribution in [0.1, 0.15) is 5.56 Å². The Bertz CT molecular complexity index is 346. The van der Waals surface area contributed by atoms with Crippen LogP contribution in [-0.4, -0.2) is 53.8 Å². The molecular formula is C13H21NO4. The molecule has 4 N–H and O–H groups in total. The van der Waals surface area contributed by atoms with Crippen LogP contribution in [0.25, 0.3) is 0 Å². The lowest BCUT2D eigenvalue weighted by atomic mass is 10.2. The van der Waals surface area contributed by atoms with Gasteiger partial charge in [0, 0.05) is 13.1 Å². The van der Waals surface area contributed by atoms with E-state index in [0.29, 0.717) is 6.54 Å². The first-order chi connectivity index (χ1) is 8.61. The van der Waals surface area contributed by atoms with Crippen molar-refractivity contribution in [3.05, 3.63) is 29.8 Å². The van der Waals surface area contributed by atoms with E-state index in [1.807, 2.05) is 31.2 Å². The van der Waals surface area contributed by atoms with Crippen molar-refractivity contribution in [1.82, 2.24) is 5.32 Å². The normalized spacial score (nSPS) is 14.2. The summed E-state index contributed by atoms with van der Waals surface area (Å²) in [6, 6.07) is 7.60. The van der Waals surface area contributed by atoms with Crippen molar-refractivity contribution < 1.29 is 20.1 Å². The van der Waals surface area contributed by atoms with Crippen molar-refractivity contribution in [2.75, 3.05) is 26.3 Å². The van der Waals surface area contributed by atoms with E-state index in [4.69, 9.17) is 14.9 Å². The van der Waals surface area contributed by atoms with Gasteiger partial charge in [-0.15, -0.1) is 0 Å². The molecule has 0 aliphatic heterocycles. The molecule has 2 atom stereocenters. The van der Waals surface area contributed by atoms with Crippen LogP contribution < -0.4 is 10.1 Å². The predicted octanol–water partition coefficient (Wildman–Crippen LogP) is -0.322. The van der Waals surface area contributed by atoms with E-state index in [1.54, 1.807) is 0 Å². The summed E-state index contributed by atoms with van der Waals surface area (Å²) in [5.74, 6) is 0.726. The van der Waals surface area contributed by atoms with E-state index in [0.717, 1.165) is 11.3 Å². The molecule has 1 aromatic rings. The van der Waals surface area contributed by atoms with E-state index >= 15 is 0 Å². The average molecular weight is 255 g/mol. The molecule has 5 nitrogen and oxygen atoms in total. The molecule has 0 saturated heterocycles. The molecule has 2 unspecified atom stereocenters. The number of aliphatic hydroxyl groups is 3. The highest BCUT2D eigenvalue weighted by Gasteiger charge is 2.07. The molecule has 0 aromatic heterocycles. The van der Waals surface area contributed by atoms with Gasteiger partial charge in [0.1, 0.15) is 18.5 Å². The largest absolute Gasteiger partial charge is 0.491 e. The lowest BCUT2D eigenvalue weighted by Gasteiger charge is -2.14. The van der Waals surface area contributed by atoms with Crippen LogP contribution in [-0.2, 0) is 0 Å². The number of aryl methyl sites for hydroxylation is 1. The molecule has 1 aromatic carbocycles. The van der Waals surface area contributed by atoms with Gasteiger partial charge in [-0.05, 0) is 24.6 Å². The van der Waals surface area contributed by atoms with E-state index in [9.17, 15) is 5.11 Å². The van der Waals surface area contributed by atoms with Crippen LogP contribution in [0.5, 0.6) is 5.75 Å². The molecule has 0 bridgehead atoms. The number of hydrogen-bond donors (Lipinski definition) is 4. The number of ether oxygens (including phenoxy) is 1. The minimum atomic E-state index is -0.796. The highest BCUT2D eigenvalue weighted by Crippen LogP contribution is 2.12. The van der Waals surface area contributed by atoms with Crippen LogP contribution in [0.4, 0.5) is 0 Å². The van der Waals surface area contributed by atoms with Crippen molar-refractivity contribution >= 4 is 0 Å². The van der Waals surface area contributed by atoms with E-state index in [1.165, 1.54) is 0 Å². The molecule has 0 amide bonds. The predicted molar refractivity (Wildman–Crippen MR) is 68.6 cm³/mol. The van der Waals surface area contributed by atoms with Gasteiger partial charge in [0.25, 0.3) is 0 Å². The van der Waals surface area contributed by atoms with Crippen LogP contribution in [0.3, 0.4) is 0 Å². The number of hydrogen-bond acceptors (Lipinski definition) is 5. The monoisotopic (exact) mass is 255 g/mol. The van der Waals surface area contributed by atoms with E-state index in [2.05, 4.69) is 5.32 Å². The van der Waals surface area contributed by atoms with Gasteiger partial charge in [-0.25, -0.2) is 0 Å². The standard InChI is InChI=1S/C13H21NO4/c1-10-3-2-4-13(5-10)18-9-12(17)7-14-6-11(16)8-15/h2-5,11-12,14-17H,6-9H2,1H3. The molecule has 0 saturated carbocycles. The van der Waals surface area contributed by atoms with Crippen molar-refractivity contribution in [3.8, 4) is 5.75 Å². The molecule has 0 radical (unpaired) electrons. The van der Waals surface area contributed by atoms with Crippen molar-refractivity contribution in [2.24, 2.45) is 0 Å². The Morgan fingerprint density at radius 2 is 1.94 bits per heavy atom. The second-order valence-electron chi connectivity index (χ2n) is 4.28. The lowest BCUT2D eigenvalue weighted by Crippen LogP contribution is -2.37. The third-order valence-corrected chi connectivity index (χ3v) is 2.40. The number of rotatable bonds is 8. The Morgan fingerprint density at radius 3 is 2.61 bits per heavy atom. The average Bonchev–Trinajstić information content (AvgIpc) is 2.36. The first-order valence-electron chi connectivity index (χ1n) is 5.99. The maximum atomic E-state index is 9.63. The summed E-state index contributed by atoms with van der Waals surface area (Å²) in [5, 5.41) is 30.2. The van der Waals surface area contributed by atoms with Crippen molar-refractivity contribution in [2.45, 2.75) is 19.1 Å². The second kappa shape index (κ2) is 8.05. The molecule has 0 aliphatic rings. The molecular weight excluding hydrogens is 234 g/mol. The Kier molecular flexibility index (Phi) is 6.67. The molecule has 0 fully saturated rings. The Labute approximate surface area is 107 Å². The van der Waals surface area contributed by atoms with Crippen molar-refractivity contribution in [1.29, 1.82) is 0 Å². The number of benzene rings is 1. The number of nitrogens with one attached hydrogen (secondary N) is 1. The fraction of sp³-hybridized carbons (Fsp3) is 0.538. The van der Waals surface area contributed by atoms with Gasteiger partial charge in [0.05, 0.1) is 12.7 Å². The minimum absolute atomic E-state index is 0.186. The molecule has 102 valence electrons. The summed E-state index contributed by atoms with van der Waals surface area (Å²) in [4.78, 5) is 0. The highest BCUT2D eigenvalue weighted by atomic mass is 16.5. The van der Waals surface area contributed by atoms with Gasteiger partial charge >= 0.3 is 0 Å². The quantitative estimate of drug-likeness (QED) is 0.512. The van der Waals surface area contributed by atoms with E-state index in [-0.39, 0.29) is 19.8 Å². The van der Waals surface area contributed by atoms with Gasteiger partial charge in [-0.2, -0.15) is 0 Å². The van der Waals surface area contributed by atoms with Gasteiger partial charge in [0.15, 0.2) is 0 Å². The Morgan fingerprint density at radius 1 is 1.22 bits per heavy atom. The molecule has 0 aliphatic carbocycles. The van der Waals surface area contributed by atoms with Crippen LogP contribution in [0.2, 0.25) is 0 Å². The Balaban J connectivity index is 2.19. The number of aliphatic hydroxyl groups excluding tert-OH is 3. The summed E-state index contributed by atoms with van der Waals surface area (Å²) in [6.07, 6.45) is -1.45. The molecule has 5 heteroatoms. The fourth-order valence-corrected chi connectivity index (χ4v) is 1.44. The summed E-state index contributed by atoms with van der Waals surface area (Å²) >= 11 is 0. The third kappa shape index (κ3) is 5.97. The molecule has 18 heavy (non-hydrogen) atoms. The lowest BCUT2D eigenvalue weighted by molar-refractivity contribution is 0.0795. The zero-order chi connectivity index (χ0) is 13.4. The van der Waals surface area contributed by atoms with Crippen molar-refractivity contribution in [3.63, 3.8) is 0 Å². The smallest absolute Gasteiger partial charge is 0.119 e. The van der Waals surface area contributed by atoms with Gasteiger partial charge in [0.2, 0.25) is 0 Å². The first kappa shape index (κ1) is 14.9. The summed E-state index contributed by atoms with van der Waals surface area (Å²) in [7, 11) is 0. The maximum absolute atomic E-state index is 9.63.